The molecule has 0 spiro atoms. The Morgan fingerprint density at radius 3 is 2.13 bits per heavy atom. The van der Waals surface area contributed by atoms with Gasteiger partial charge in [-0.1, -0.05) is 60.7 Å². The molecule has 0 bridgehead atoms. The van der Waals surface area contributed by atoms with Gasteiger partial charge in [0.1, 0.15) is 0 Å². The Hall–Kier alpha value is -2.84. The van der Waals surface area contributed by atoms with E-state index in [2.05, 4.69) is 26.9 Å². The lowest BCUT2D eigenvalue weighted by atomic mass is 9.90. The van der Waals surface area contributed by atoms with Crippen molar-refractivity contribution >= 4 is 22.7 Å². The maximum absolute atomic E-state index is 15.0. The molecule has 1 saturated carbocycles. The fourth-order valence-corrected chi connectivity index (χ4v) is 7.67. The zero-order valence-corrected chi connectivity index (χ0v) is 22.4. The number of thioether (sulfide) groups is 1. The largest absolute Gasteiger partial charge is 0.391 e. The summed E-state index contributed by atoms with van der Waals surface area (Å²) >= 11 is 1.67. The molecule has 2 fully saturated rings. The van der Waals surface area contributed by atoms with E-state index in [1.165, 1.54) is 0 Å². The number of rotatable bonds is 6. The first-order chi connectivity index (χ1) is 19.0. The van der Waals surface area contributed by atoms with E-state index in [0.717, 1.165) is 64.2 Å². The van der Waals surface area contributed by atoms with Crippen LogP contribution in [0.25, 0.3) is 10.9 Å². The Morgan fingerprint density at radius 2 is 1.46 bits per heavy atom. The molecule has 0 amide bonds. The minimum atomic E-state index is -2.69. The molecule has 3 aliphatic rings. The average Bonchev–Trinajstić information content (AvgIpc) is 3.58. The van der Waals surface area contributed by atoms with Gasteiger partial charge in [0.2, 0.25) is 0 Å². The van der Waals surface area contributed by atoms with E-state index >= 15 is 0 Å². The molecule has 2 heterocycles. The van der Waals surface area contributed by atoms with Crippen LogP contribution in [0.4, 0.5) is 8.78 Å². The van der Waals surface area contributed by atoms with Crippen LogP contribution >= 0.6 is 11.8 Å². The highest BCUT2D eigenvalue weighted by Crippen LogP contribution is 2.70. The minimum absolute atomic E-state index is 0.0244. The Kier molecular flexibility index (Phi) is 6.43. The number of halogens is 2. The summed E-state index contributed by atoms with van der Waals surface area (Å²) in [6, 6.07) is 25.7. The zero-order chi connectivity index (χ0) is 26.6. The Labute approximate surface area is 231 Å². The highest BCUT2D eigenvalue weighted by atomic mass is 32.2. The summed E-state index contributed by atoms with van der Waals surface area (Å²) < 4.78 is 30.0. The van der Waals surface area contributed by atoms with Crippen molar-refractivity contribution in [3.8, 4) is 0 Å². The van der Waals surface area contributed by atoms with Crippen LogP contribution in [0.3, 0.4) is 0 Å². The molecular formula is C32H31F2N3OS. The summed E-state index contributed by atoms with van der Waals surface area (Å²) in [5.41, 5.74) is 4.60. The molecule has 7 rings (SSSR count). The van der Waals surface area contributed by atoms with E-state index in [0.29, 0.717) is 12.3 Å². The van der Waals surface area contributed by atoms with Crippen LogP contribution in [0.2, 0.25) is 0 Å². The predicted octanol–water partition coefficient (Wildman–Crippen LogP) is 5.92. The standard InChI is InChI=1S/C32H31F2N3OS/c33-32(34)29-22-7-1-3-9-24(22)31(25-10-4-2-8-23(25)30(29)32)37-17-15-36(16-18-37)19-21(38)20-39-28-13-5-12-27-26(28)11-6-14-35-27/h1-14,21,29-31,38H,15-20H2/t21-,29-,30+,31?/m1/s1. The molecule has 39 heavy (non-hydrogen) atoms. The number of nitrogens with zero attached hydrogens (tertiary/aromatic N) is 3. The quantitative estimate of drug-likeness (QED) is 0.306. The first-order valence-electron chi connectivity index (χ1n) is 13.7. The van der Waals surface area contributed by atoms with Crippen molar-refractivity contribution in [1.82, 2.24) is 14.8 Å². The van der Waals surface area contributed by atoms with Gasteiger partial charge < -0.3 is 5.11 Å². The van der Waals surface area contributed by atoms with Crippen molar-refractivity contribution in [2.45, 2.75) is 34.8 Å². The third kappa shape index (κ3) is 4.45. The Bertz CT molecular complexity index is 1450. The van der Waals surface area contributed by atoms with Gasteiger partial charge in [0, 0.05) is 55.0 Å². The van der Waals surface area contributed by atoms with E-state index < -0.39 is 23.9 Å². The molecule has 3 aromatic carbocycles. The smallest absolute Gasteiger partial charge is 0.263 e. The van der Waals surface area contributed by atoms with Gasteiger partial charge in [0.25, 0.3) is 5.92 Å². The summed E-state index contributed by atoms with van der Waals surface area (Å²) in [7, 11) is 0. The Balaban J connectivity index is 1.04. The van der Waals surface area contributed by atoms with Crippen molar-refractivity contribution in [3.05, 3.63) is 107 Å². The van der Waals surface area contributed by atoms with E-state index in [-0.39, 0.29) is 6.04 Å². The maximum Gasteiger partial charge on any atom is 0.263 e. The highest BCUT2D eigenvalue weighted by molar-refractivity contribution is 7.99. The fourth-order valence-electron chi connectivity index (χ4n) is 6.69. The number of benzene rings is 3. The first kappa shape index (κ1) is 25.1. The van der Waals surface area contributed by atoms with Crippen LogP contribution in [0.5, 0.6) is 0 Å². The van der Waals surface area contributed by atoms with E-state index in [9.17, 15) is 13.9 Å². The number of hydrogen-bond acceptors (Lipinski definition) is 5. The lowest BCUT2D eigenvalue weighted by Gasteiger charge is -2.41. The SMILES string of the molecule is O[C@@H](CSc1cccc2ncccc12)CN1CCN(C2c3ccccc3[C@@H]3[C@H](c4ccccc42)C3(F)F)CC1. The second-order valence-electron chi connectivity index (χ2n) is 10.9. The number of hydrogen-bond donors (Lipinski definition) is 1. The van der Waals surface area contributed by atoms with Crippen LogP contribution in [0.15, 0.2) is 90.0 Å². The van der Waals surface area contributed by atoms with Gasteiger partial charge in [-0.2, -0.15) is 0 Å². The lowest BCUT2D eigenvalue weighted by Crippen LogP contribution is -2.50. The zero-order valence-electron chi connectivity index (χ0n) is 21.6. The maximum atomic E-state index is 15.0. The molecule has 1 N–H and O–H groups in total. The number of aromatic nitrogens is 1. The van der Waals surface area contributed by atoms with Crippen LogP contribution in [-0.4, -0.2) is 70.4 Å². The number of aliphatic hydroxyl groups is 1. The van der Waals surface area contributed by atoms with Crippen molar-refractivity contribution in [2.24, 2.45) is 0 Å². The number of piperazine rings is 1. The third-order valence-electron chi connectivity index (χ3n) is 8.58. The van der Waals surface area contributed by atoms with Gasteiger partial charge in [-0.3, -0.25) is 14.8 Å². The van der Waals surface area contributed by atoms with E-state index in [1.54, 1.807) is 18.0 Å². The van der Waals surface area contributed by atoms with Crippen LogP contribution in [0.1, 0.15) is 40.1 Å². The third-order valence-corrected chi connectivity index (χ3v) is 9.80. The van der Waals surface area contributed by atoms with Gasteiger partial charge in [0.15, 0.2) is 0 Å². The number of fused-ring (bicyclic) bond motifs is 6. The summed E-state index contributed by atoms with van der Waals surface area (Å²) in [5.74, 6) is -3.53. The van der Waals surface area contributed by atoms with Gasteiger partial charge >= 0.3 is 0 Å². The number of alkyl halides is 2. The molecule has 200 valence electrons. The monoisotopic (exact) mass is 543 g/mol. The topological polar surface area (TPSA) is 39.6 Å². The Morgan fingerprint density at radius 1 is 0.821 bits per heavy atom. The van der Waals surface area contributed by atoms with Crippen molar-refractivity contribution < 1.29 is 13.9 Å². The minimum Gasteiger partial charge on any atom is -0.391 e. The lowest BCUT2D eigenvalue weighted by molar-refractivity contribution is 0.0696. The summed E-state index contributed by atoms with van der Waals surface area (Å²) in [6.07, 6.45) is 1.36. The van der Waals surface area contributed by atoms with Crippen molar-refractivity contribution in [3.63, 3.8) is 0 Å². The van der Waals surface area contributed by atoms with Gasteiger partial charge in [-0.25, -0.2) is 8.78 Å². The molecular weight excluding hydrogens is 512 g/mol. The molecule has 4 atom stereocenters. The average molecular weight is 544 g/mol. The second kappa shape index (κ2) is 9.97. The molecule has 2 aliphatic carbocycles. The van der Waals surface area contributed by atoms with Gasteiger partial charge in [-0.15, -0.1) is 11.8 Å². The van der Waals surface area contributed by atoms with Crippen LogP contribution in [-0.2, 0) is 0 Å². The number of aliphatic hydroxyl groups excluding tert-OH is 1. The molecule has 1 aromatic heterocycles. The van der Waals surface area contributed by atoms with Crippen molar-refractivity contribution in [2.75, 3.05) is 38.5 Å². The predicted molar refractivity (Wildman–Crippen MR) is 152 cm³/mol. The molecule has 1 aliphatic heterocycles. The first-order valence-corrected chi connectivity index (χ1v) is 14.7. The van der Waals surface area contributed by atoms with Gasteiger partial charge in [-0.05, 0) is 40.5 Å². The molecule has 1 saturated heterocycles. The summed E-state index contributed by atoms with van der Waals surface area (Å²) in [5, 5.41) is 12.0. The van der Waals surface area contributed by atoms with Crippen molar-refractivity contribution in [1.29, 1.82) is 0 Å². The molecule has 7 heteroatoms. The normalized spacial score (nSPS) is 24.8. The molecule has 4 nitrogen and oxygen atoms in total. The highest BCUT2D eigenvalue weighted by Gasteiger charge is 2.71. The fraction of sp³-hybridized carbons (Fsp3) is 0.344. The summed E-state index contributed by atoms with van der Waals surface area (Å²) in [4.78, 5) is 10.3. The van der Waals surface area contributed by atoms with Crippen LogP contribution < -0.4 is 0 Å². The second-order valence-corrected chi connectivity index (χ2v) is 12.0. The van der Waals surface area contributed by atoms with E-state index in [4.69, 9.17) is 0 Å². The van der Waals surface area contributed by atoms with Crippen LogP contribution in [0, 0.1) is 0 Å². The van der Waals surface area contributed by atoms with Gasteiger partial charge in [0.05, 0.1) is 29.5 Å². The molecule has 0 radical (unpaired) electrons. The summed E-state index contributed by atoms with van der Waals surface area (Å²) in [6.45, 7) is 3.95. The molecule has 1 unspecified atom stereocenters. The number of β-amino-alcohol motifs (C(OH)–C–C–N with tert-alkyl or cyclic N) is 1. The van der Waals surface area contributed by atoms with E-state index in [1.807, 2.05) is 66.7 Å². The number of pyridine rings is 1. The molecule has 4 aromatic rings.